The van der Waals surface area contributed by atoms with Crippen molar-refractivity contribution >= 4 is 18.3 Å². The van der Waals surface area contributed by atoms with Crippen LogP contribution < -0.4 is 10.1 Å². The molecule has 5 rings (SSSR count). The van der Waals surface area contributed by atoms with E-state index in [0.29, 0.717) is 29.7 Å². The zero-order valence-corrected chi connectivity index (χ0v) is 18.3. The molecule has 1 saturated heterocycles. The maximum Gasteiger partial charge on any atom is 0.223 e. The van der Waals surface area contributed by atoms with Gasteiger partial charge in [-0.15, -0.1) is 12.4 Å². The Morgan fingerprint density at radius 1 is 1.17 bits per heavy atom. The van der Waals surface area contributed by atoms with Crippen LogP contribution in [0.1, 0.15) is 62.0 Å². The Bertz CT molecular complexity index is 811. The van der Waals surface area contributed by atoms with Gasteiger partial charge in [-0.1, -0.05) is 0 Å². The topological polar surface area (TPSA) is 65.4 Å². The minimum Gasteiger partial charge on any atom is -0.493 e. The minimum atomic E-state index is 0. The molecule has 1 amide bonds. The number of likely N-dealkylation sites (tertiary alicyclic amines) is 1. The number of hydrogen-bond acceptors (Lipinski definition) is 4. The molecule has 0 aromatic heterocycles. The summed E-state index contributed by atoms with van der Waals surface area (Å²) in [6, 6.07) is 8.54. The highest BCUT2D eigenvalue weighted by molar-refractivity contribution is 5.85. The normalized spacial score (nSPS) is 30.2. The van der Waals surface area contributed by atoms with Crippen molar-refractivity contribution < 1.29 is 9.53 Å². The molecule has 1 N–H and O–H groups in total. The molecule has 2 aliphatic heterocycles. The molecular weight excluding hydrogens is 398 g/mol. The number of benzene rings is 1. The number of nitrogens with zero attached hydrogens (tertiary/aromatic N) is 2. The van der Waals surface area contributed by atoms with Crippen LogP contribution in [0.2, 0.25) is 0 Å². The summed E-state index contributed by atoms with van der Waals surface area (Å²) in [6.45, 7) is 4.15. The van der Waals surface area contributed by atoms with Crippen molar-refractivity contribution in [2.24, 2.45) is 17.8 Å². The predicted octanol–water partition coefficient (Wildman–Crippen LogP) is 3.86. The lowest BCUT2D eigenvalue weighted by Gasteiger charge is -2.30. The van der Waals surface area contributed by atoms with Crippen LogP contribution >= 0.6 is 12.4 Å². The van der Waals surface area contributed by atoms with E-state index in [9.17, 15) is 10.1 Å². The van der Waals surface area contributed by atoms with E-state index >= 15 is 0 Å². The van der Waals surface area contributed by atoms with Crippen molar-refractivity contribution in [2.45, 2.75) is 56.9 Å². The van der Waals surface area contributed by atoms with Gasteiger partial charge in [0.15, 0.2) is 0 Å². The summed E-state index contributed by atoms with van der Waals surface area (Å²) in [5.41, 5.74) is 1.96. The lowest BCUT2D eigenvalue weighted by atomic mass is 9.84. The highest BCUT2D eigenvalue weighted by atomic mass is 35.5. The average molecular weight is 430 g/mol. The van der Waals surface area contributed by atoms with Crippen LogP contribution in [0.15, 0.2) is 18.2 Å². The first-order valence-corrected chi connectivity index (χ1v) is 11.4. The van der Waals surface area contributed by atoms with E-state index in [-0.39, 0.29) is 12.4 Å². The Balaban J connectivity index is 0.00000218. The second-order valence-electron chi connectivity index (χ2n) is 9.59. The van der Waals surface area contributed by atoms with Gasteiger partial charge < -0.3 is 15.0 Å². The Hall–Kier alpha value is -1.77. The summed E-state index contributed by atoms with van der Waals surface area (Å²) in [4.78, 5) is 14.6. The lowest BCUT2D eigenvalue weighted by molar-refractivity contribution is -0.123. The molecule has 2 saturated carbocycles. The quantitative estimate of drug-likeness (QED) is 0.771. The third kappa shape index (κ3) is 4.60. The molecule has 4 aliphatic rings. The number of nitriles is 1. The molecule has 3 fully saturated rings. The number of hydrogen-bond donors (Lipinski definition) is 1. The number of carbonyl (C=O) groups excluding carboxylic acids is 1. The number of rotatable bonds is 5. The van der Waals surface area contributed by atoms with E-state index in [1.165, 1.54) is 24.8 Å². The maximum absolute atomic E-state index is 12.0. The van der Waals surface area contributed by atoms with E-state index in [1.54, 1.807) is 0 Å². The van der Waals surface area contributed by atoms with Crippen LogP contribution in [0.25, 0.3) is 0 Å². The van der Waals surface area contributed by atoms with Crippen molar-refractivity contribution in [1.29, 1.82) is 5.26 Å². The van der Waals surface area contributed by atoms with Gasteiger partial charge in [0.05, 0.1) is 18.2 Å². The summed E-state index contributed by atoms with van der Waals surface area (Å²) in [5, 5.41) is 12.5. The molecule has 0 spiro atoms. The first-order chi connectivity index (χ1) is 14.2. The molecule has 0 unspecified atom stereocenters. The Kier molecular flexibility index (Phi) is 6.55. The molecule has 0 radical (unpaired) electrons. The van der Waals surface area contributed by atoms with E-state index in [4.69, 9.17) is 4.74 Å². The van der Waals surface area contributed by atoms with Crippen LogP contribution in [-0.4, -0.2) is 43.1 Å². The summed E-state index contributed by atoms with van der Waals surface area (Å²) < 4.78 is 5.97. The standard InChI is InChI=1S/C24H31N3O2.ClH/c25-12-17-3-8-23-21(11-17)22-14-27(13-19(22)15-29-23)10-9-16-1-6-20(7-2-16)26-24(28)18-4-5-18;/h3,8,11,16,18-20,22H,1-2,4-7,9-10,13-15H2,(H,26,28);1H/t16?,19-,20?,22+;/m0./s1. The maximum atomic E-state index is 12.0. The predicted molar refractivity (Wildman–Crippen MR) is 118 cm³/mol. The van der Waals surface area contributed by atoms with Gasteiger partial charge in [-0.3, -0.25) is 4.79 Å². The fraction of sp³-hybridized carbons (Fsp3) is 0.667. The molecule has 1 aromatic rings. The number of halogens is 1. The van der Waals surface area contributed by atoms with Crippen molar-refractivity contribution in [3.05, 3.63) is 29.3 Å². The van der Waals surface area contributed by atoms with Crippen LogP contribution in [0.4, 0.5) is 0 Å². The highest BCUT2D eigenvalue weighted by Crippen LogP contribution is 2.42. The number of carbonyl (C=O) groups is 1. The van der Waals surface area contributed by atoms with E-state index in [2.05, 4.69) is 16.3 Å². The SMILES string of the molecule is Cl.N#Cc1ccc2c(c1)[C@@H]1CN(CCC3CCC(NC(=O)C4CC4)CC3)C[C@H]1CO2. The first-order valence-electron chi connectivity index (χ1n) is 11.4. The van der Waals surface area contributed by atoms with Gasteiger partial charge in [0.25, 0.3) is 0 Å². The Morgan fingerprint density at radius 3 is 2.70 bits per heavy atom. The first kappa shape index (κ1) is 21.5. The van der Waals surface area contributed by atoms with Crippen molar-refractivity contribution in [3.8, 4) is 11.8 Å². The third-order valence-electron chi connectivity index (χ3n) is 7.50. The van der Waals surface area contributed by atoms with Gasteiger partial charge in [0, 0.05) is 42.4 Å². The van der Waals surface area contributed by atoms with Gasteiger partial charge in [-0.05, 0) is 75.6 Å². The lowest BCUT2D eigenvalue weighted by Crippen LogP contribution is -2.38. The van der Waals surface area contributed by atoms with Crippen LogP contribution in [0, 0.1) is 29.1 Å². The minimum absolute atomic E-state index is 0. The molecule has 6 heteroatoms. The molecular formula is C24H32ClN3O2. The molecule has 2 heterocycles. The number of amides is 1. The van der Waals surface area contributed by atoms with Gasteiger partial charge in [-0.25, -0.2) is 0 Å². The fourth-order valence-electron chi connectivity index (χ4n) is 5.53. The van der Waals surface area contributed by atoms with E-state index in [0.717, 1.165) is 69.2 Å². The third-order valence-corrected chi connectivity index (χ3v) is 7.50. The number of fused-ring (bicyclic) bond motifs is 3. The van der Waals surface area contributed by atoms with Crippen LogP contribution in [-0.2, 0) is 4.79 Å². The van der Waals surface area contributed by atoms with Crippen molar-refractivity contribution in [3.63, 3.8) is 0 Å². The highest BCUT2D eigenvalue weighted by Gasteiger charge is 2.39. The van der Waals surface area contributed by atoms with Crippen molar-refractivity contribution in [2.75, 3.05) is 26.2 Å². The second kappa shape index (κ2) is 9.16. The largest absolute Gasteiger partial charge is 0.493 e. The molecule has 0 bridgehead atoms. The average Bonchev–Trinajstić information content (AvgIpc) is 3.52. The summed E-state index contributed by atoms with van der Waals surface area (Å²) in [7, 11) is 0. The molecule has 30 heavy (non-hydrogen) atoms. The Morgan fingerprint density at radius 2 is 1.97 bits per heavy atom. The zero-order chi connectivity index (χ0) is 19.8. The molecule has 2 atom stereocenters. The fourth-order valence-corrected chi connectivity index (χ4v) is 5.53. The summed E-state index contributed by atoms with van der Waals surface area (Å²) in [6.07, 6.45) is 8.22. The van der Waals surface area contributed by atoms with Crippen LogP contribution in [0.3, 0.4) is 0 Å². The molecule has 162 valence electrons. The summed E-state index contributed by atoms with van der Waals surface area (Å²) >= 11 is 0. The second-order valence-corrected chi connectivity index (χ2v) is 9.59. The smallest absolute Gasteiger partial charge is 0.223 e. The molecule has 2 aliphatic carbocycles. The van der Waals surface area contributed by atoms with Gasteiger partial charge in [0.2, 0.25) is 5.91 Å². The van der Waals surface area contributed by atoms with Crippen molar-refractivity contribution in [1.82, 2.24) is 10.2 Å². The Labute approximate surface area is 185 Å². The van der Waals surface area contributed by atoms with Gasteiger partial charge in [-0.2, -0.15) is 5.26 Å². The van der Waals surface area contributed by atoms with Crippen LogP contribution in [0.5, 0.6) is 5.75 Å². The summed E-state index contributed by atoms with van der Waals surface area (Å²) in [5.74, 6) is 3.43. The molecule has 5 nitrogen and oxygen atoms in total. The van der Waals surface area contributed by atoms with Gasteiger partial charge >= 0.3 is 0 Å². The number of nitrogens with one attached hydrogen (secondary N) is 1. The number of ether oxygens (including phenoxy) is 1. The monoisotopic (exact) mass is 429 g/mol. The zero-order valence-electron chi connectivity index (χ0n) is 17.5. The van der Waals surface area contributed by atoms with Gasteiger partial charge in [0.1, 0.15) is 5.75 Å². The molecule has 1 aromatic carbocycles. The van der Waals surface area contributed by atoms with E-state index in [1.807, 2.05) is 18.2 Å². The van der Waals surface area contributed by atoms with E-state index < -0.39 is 0 Å².